The largest absolute Gasteiger partial charge is 0.366 e. The molecular formula is C16H20ClN3O2. The fourth-order valence-corrected chi connectivity index (χ4v) is 3.95. The van der Waals surface area contributed by atoms with Crippen LogP contribution in [0.3, 0.4) is 0 Å². The van der Waals surface area contributed by atoms with E-state index in [2.05, 4.69) is 10.6 Å². The molecule has 1 saturated carbocycles. The maximum absolute atomic E-state index is 12.8. The standard InChI is InChI=1S/C16H20ClN3O2/c17-13-5-4-11(7-12(13)14(18)21)20-15(22)16-6-2-1-3-10(16)8-19-9-16/h4-5,7,10,19H,1-3,6,8-9H2,(H2,18,21)(H,20,22)/t10-,16+/m0/s1. The van der Waals surface area contributed by atoms with Gasteiger partial charge in [0.15, 0.2) is 0 Å². The Hall–Kier alpha value is -1.59. The van der Waals surface area contributed by atoms with Crippen molar-refractivity contribution >= 4 is 29.1 Å². The summed E-state index contributed by atoms with van der Waals surface area (Å²) < 4.78 is 0. The minimum atomic E-state index is -0.600. The van der Waals surface area contributed by atoms with Gasteiger partial charge in [0, 0.05) is 12.2 Å². The molecule has 4 N–H and O–H groups in total. The minimum Gasteiger partial charge on any atom is -0.366 e. The van der Waals surface area contributed by atoms with Gasteiger partial charge in [-0.3, -0.25) is 9.59 Å². The molecule has 2 amide bonds. The lowest BCUT2D eigenvalue weighted by atomic mass is 9.67. The smallest absolute Gasteiger partial charge is 0.250 e. The molecular weight excluding hydrogens is 302 g/mol. The molecule has 1 aromatic carbocycles. The fourth-order valence-electron chi connectivity index (χ4n) is 3.74. The van der Waals surface area contributed by atoms with Crippen LogP contribution in [0.5, 0.6) is 0 Å². The Morgan fingerprint density at radius 3 is 2.95 bits per heavy atom. The summed E-state index contributed by atoms with van der Waals surface area (Å²) in [6, 6.07) is 4.82. The number of nitrogens with two attached hydrogens (primary N) is 1. The summed E-state index contributed by atoms with van der Waals surface area (Å²) in [4.78, 5) is 24.2. The number of nitrogens with one attached hydrogen (secondary N) is 2. The van der Waals surface area contributed by atoms with Gasteiger partial charge in [-0.2, -0.15) is 0 Å². The zero-order valence-corrected chi connectivity index (χ0v) is 13.1. The number of carbonyl (C=O) groups excluding carboxylic acids is 2. The van der Waals surface area contributed by atoms with Crippen molar-refractivity contribution in [2.24, 2.45) is 17.1 Å². The molecule has 0 spiro atoms. The molecule has 22 heavy (non-hydrogen) atoms. The summed E-state index contributed by atoms with van der Waals surface area (Å²) in [5, 5.41) is 6.60. The second-order valence-corrected chi connectivity index (χ2v) is 6.65. The molecule has 0 bridgehead atoms. The van der Waals surface area contributed by atoms with Gasteiger partial charge in [0.05, 0.1) is 16.0 Å². The third kappa shape index (κ3) is 2.59. The molecule has 1 aliphatic heterocycles. The Labute approximate surface area is 134 Å². The topological polar surface area (TPSA) is 84.2 Å². The highest BCUT2D eigenvalue weighted by atomic mass is 35.5. The van der Waals surface area contributed by atoms with E-state index < -0.39 is 5.91 Å². The monoisotopic (exact) mass is 321 g/mol. The summed E-state index contributed by atoms with van der Waals surface area (Å²) in [5.74, 6) is -0.179. The fraction of sp³-hybridized carbons (Fsp3) is 0.500. The predicted molar refractivity (Wildman–Crippen MR) is 85.9 cm³/mol. The number of fused-ring (bicyclic) bond motifs is 1. The van der Waals surface area contributed by atoms with E-state index in [0.717, 1.165) is 32.4 Å². The first-order valence-corrected chi connectivity index (χ1v) is 8.02. The van der Waals surface area contributed by atoms with Crippen LogP contribution in [0.4, 0.5) is 5.69 Å². The number of carbonyl (C=O) groups is 2. The Kier molecular flexibility index (Phi) is 4.10. The third-order valence-corrected chi connectivity index (χ3v) is 5.31. The Bertz CT molecular complexity index is 619. The molecule has 1 aliphatic carbocycles. The molecule has 0 radical (unpaired) electrons. The molecule has 2 aliphatic rings. The quantitative estimate of drug-likeness (QED) is 0.797. The van der Waals surface area contributed by atoms with Gasteiger partial charge in [-0.1, -0.05) is 24.4 Å². The lowest BCUT2D eigenvalue weighted by Crippen LogP contribution is -2.44. The minimum absolute atomic E-state index is 0.0277. The zero-order chi connectivity index (χ0) is 15.7. The average Bonchev–Trinajstić information content (AvgIpc) is 2.94. The van der Waals surface area contributed by atoms with Crippen LogP contribution in [-0.2, 0) is 4.79 Å². The first-order chi connectivity index (χ1) is 10.5. The highest BCUT2D eigenvalue weighted by Gasteiger charge is 2.49. The number of rotatable bonds is 3. The number of benzene rings is 1. The van der Waals surface area contributed by atoms with E-state index in [1.54, 1.807) is 18.2 Å². The maximum Gasteiger partial charge on any atom is 0.250 e. The maximum atomic E-state index is 12.8. The predicted octanol–water partition coefficient (Wildman–Crippen LogP) is 2.16. The summed E-state index contributed by atoms with van der Waals surface area (Å²) in [6.07, 6.45) is 4.27. The van der Waals surface area contributed by atoms with Gasteiger partial charge >= 0.3 is 0 Å². The molecule has 1 saturated heterocycles. The molecule has 6 heteroatoms. The van der Waals surface area contributed by atoms with Crippen molar-refractivity contribution in [3.63, 3.8) is 0 Å². The normalized spacial score (nSPS) is 27.2. The van der Waals surface area contributed by atoms with E-state index in [9.17, 15) is 9.59 Å². The first-order valence-electron chi connectivity index (χ1n) is 7.64. The van der Waals surface area contributed by atoms with Crippen LogP contribution in [0, 0.1) is 11.3 Å². The van der Waals surface area contributed by atoms with E-state index in [1.165, 1.54) is 6.42 Å². The number of anilines is 1. The van der Waals surface area contributed by atoms with Crippen LogP contribution in [0.15, 0.2) is 18.2 Å². The van der Waals surface area contributed by atoms with Crippen LogP contribution in [-0.4, -0.2) is 24.9 Å². The van der Waals surface area contributed by atoms with Crippen LogP contribution < -0.4 is 16.4 Å². The van der Waals surface area contributed by atoms with Crippen molar-refractivity contribution in [2.45, 2.75) is 25.7 Å². The summed E-state index contributed by atoms with van der Waals surface area (Å²) in [7, 11) is 0. The summed E-state index contributed by atoms with van der Waals surface area (Å²) in [6.45, 7) is 1.63. The molecule has 1 aromatic rings. The first kappa shape index (κ1) is 15.3. The zero-order valence-electron chi connectivity index (χ0n) is 12.3. The van der Waals surface area contributed by atoms with Crippen LogP contribution >= 0.6 is 11.6 Å². The van der Waals surface area contributed by atoms with E-state index in [1.807, 2.05) is 0 Å². The Balaban J connectivity index is 1.82. The van der Waals surface area contributed by atoms with Gasteiger partial charge in [0.25, 0.3) is 0 Å². The summed E-state index contributed by atoms with van der Waals surface area (Å²) in [5.41, 5.74) is 5.75. The van der Waals surface area contributed by atoms with Crippen LogP contribution in [0.25, 0.3) is 0 Å². The highest BCUT2D eigenvalue weighted by molar-refractivity contribution is 6.34. The van der Waals surface area contributed by atoms with E-state index in [-0.39, 0.29) is 16.9 Å². The van der Waals surface area contributed by atoms with Crippen molar-refractivity contribution in [2.75, 3.05) is 18.4 Å². The molecule has 0 aromatic heterocycles. The number of hydrogen-bond donors (Lipinski definition) is 3. The van der Waals surface area contributed by atoms with Crippen molar-refractivity contribution in [3.05, 3.63) is 28.8 Å². The van der Waals surface area contributed by atoms with Gasteiger partial charge in [-0.05, 0) is 43.5 Å². The van der Waals surface area contributed by atoms with Crippen molar-refractivity contribution in [3.8, 4) is 0 Å². The second-order valence-electron chi connectivity index (χ2n) is 6.24. The highest BCUT2D eigenvalue weighted by Crippen LogP contribution is 2.44. The van der Waals surface area contributed by atoms with Gasteiger partial charge in [0.1, 0.15) is 0 Å². The van der Waals surface area contributed by atoms with Gasteiger partial charge in [-0.25, -0.2) is 0 Å². The number of primary amides is 1. The van der Waals surface area contributed by atoms with Gasteiger partial charge in [-0.15, -0.1) is 0 Å². The van der Waals surface area contributed by atoms with Crippen LogP contribution in [0.2, 0.25) is 5.02 Å². The molecule has 2 fully saturated rings. The SMILES string of the molecule is NC(=O)c1cc(NC(=O)[C@@]23CCCC[C@H]2CNC3)ccc1Cl. The molecule has 3 rings (SSSR count). The third-order valence-electron chi connectivity index (χ3n) is 4.98. The summed E-state index contributed by atoms with van der Waals surface area (Å²) >= 11 is 5.94. The molecule has 2 atom stereocenters. The van der Waals surface area contributed by atoms with Gasteiger partial charge in [0.2, 0.25) is 11.8 Å². The molecule has 1 heterocycles. The molecule has 5 nitrogen and oxygen atoms in total. The van der Waals surface area contributed by atoms with Crippen molar-refractivity contribution < 1.29 is 9.59 Å². The van der Waals surface area contributed by atoms with E-state index >= 15 is 0 Å². The number of halogens is 1. The van der Waals surface area contributed by atoms with E-state index in [4.69, 9.17) is 17.3 Å². The lowest BCUT2D eigenvalue weighted by Gasteiger charge is -2.37. The second kappa shape index (κ2) is 5.89. The number of amides is 2. The van der Waals surface area contributed by atoms with Crippen molar-refractivity contribution in [1.82, 2.24) is 5.32 Å². The molecule has 118 valence electrons. The lowest BCUT2D eigenvalue weighted by molar-refractivity contribution is -0.128. The Morgan fingerprint density at radius 1 is 1.36 bits per heavy atom. The average molecular weight is 322 g/mol. The van der Waals surface area contributed by atoms with Crippen LogP contribution in [0.1, 0.15) is 36.0 Å². The molecule has 0 unspecified atom stereocenters. The van der Waals surface area contributed by atoms with Gasteiger partial charge < -0.3 is 16.4 Å². The van der Waals surface area contributed by atoms with E-state index in [0.29, 0.717) is 16.6 Å². The Morgan fingerprint density at radius 2 is 2.18 bits per heavy atom. The van der Waals surface area contributed by atoms with Crippen molar-refractivity contribution in [1.29, 1.82) is 0 Å². The number of hydrogen-bond acceptors (Lipinski definition) is 3.